The summed E-state index contributed by atoms with van der Waals surface area (Å²) in [6.07, 6.45) is 0. The van der Waals surface area contributed by atoms with Gasteiger partial charge in [-0.2, -0.15) is 0 Å². The topological polar surface area (TPSA) is 0 Å². The molecule has 0 aliphatic heterocycles. The van der Waals surface area contributed by atoms with Gasteiger partial charge in [0.15, 0.2) is 34.9 Å². The molecule has 0 unspecified atom stereocenters. The van der Waals surface area contributed by atoms with Gasteiger partial charge in [0, 0.05) is 11.1 Å². The first-order valence-corrected chi connectivity index (χ1v) is 5.76. The average molecular weight is 326 g/mol. The second-order valence-corrected chi connectivity index (χ2v) is 4.51. The molecule has 2 aromatic rings. The van der Waals surface area contributed by atoms with Crippen molar-refractivity contribution in [3.8, 4) is 11.1 Å². The van der Waals surface area contributed by atoms with Crippen molar-refractivity contribution in [2.24, 2.45) is 0 Å². The van der Waals surface area contributed by atoms with Crippen LogP contribution in [0.3, 0.4) is 0 Å². The number of rotatable bonds is 1. The van der Waals surface area contributed by atoms with Gasteiger partial charge in [0.1, 0.15) is 5.82 Å². The van der Waals surface area contributed by atoms with Crippen LogP contribution in [0.15, 0.2) is 0 Å². The zero-order valence-electron chi connectivity index (χ0n) is 11.0. The molecule has 8 heteroatoms. The van der Waals surface area contributed by atoms with Crippen molar-refractivity contribution in [1.82, 2.24) is 0 Å². The molecule has 0 radical (unpaired) electrons. The highest BCUT2D eigenvalue weighted by molar-refractivity contribution is 5.70. The molecule has 2 rings (SSSR count). The lowest BCUT2D eigenvalue weighted by atomic mass is 9.95. The van der Waals surface area contributed by atoms with Crippen LogP contribution in [0.2, 0.25) is 0 Å². The van der Waals surface area contributed by atoms with Gasteiger partial charge in [-0.25, -0.2) is 35.1 Å². The smallest absolute Gasteiger partial charge is 0.200 e. The van der Waals surface area contributed by atoms with Crippen molar-refractivity contribution >= 4 is 0 Å². The Morgan fingerprint density at radius 1 is 0.364 bits per heavy atom. The first-order valence-electron chi connectivity index (χ1n) is 5.76. The normalized spacial score (nSPS) is 11.2. The molecule has 2 aromatic carbocycles. The van der Waals surface area contributed by atoms with Gasteiger partial charge >= 0.3 is 0 Å². The fourth-order valence-corrected chi connectivity index (χ4v) is 2.01. The monoisotopic (exact) mass is 326 g/mol. The van der Waals surface area contributed by atoms with Crippen molar-refractivity contribution in [2.75, 3.05) is 0 Å². The first-order chi connectivity index (χ1) is 10.1. The van der Waals surface area contributed by atoms with Gasteiger partial charge < -0.3 is 0 Å². The average Bonchev–Trinajstić information content (AvgIpc) is 2.50. The van der Waals surface area contributed by atoms with Crippen molar-refractivity contribution in [2.45, 2.75) is 13.8 Å². The summed E-state index contributed by atoms with van der Waals surface area (Å²) in [7, 11) is 0. The van der Waals surface area contributed by atoms with Gasteiger partial charge in [0.2, 0.25) is 5.82 Å². The maximum Gasteiger partial charge on any atom is 0.200 e. The Kier molecular flexibility index (Phi) is 3.88. The van der Waals surface area contributed by atoms with E-state index in [1.165, 1.54) is 0 Å². The van der Waals surface area contributed by atoms with Gasteiger partial charge in [-0.05, 0) is 19.4 Å². The van der Waals surface area contributed by atoms with E-state index in [-0.39, 0.29) is 0 Å². The number of hydrogen-bond acceptors (Lipinski definition) is 0. The third kappa shape index (κ3) is 2.05. The molecule has 118 valence electrons. The van der Waals surface area contributed by atoms with E-state index in [0.29, 0.717) is 0 Å². The minimum absolute atomic E-state index is 0.758. The van der Waals surface area contributed by atoms with Crippen LogP contribution in [0.25, 0.3) is 11.1 Å². The highest BCUT2D eigenvalue weighted by Crippen LogP contribution is 2.37. The molecule has 0 aliphatic carbocycles. The molecule has 0 saturated heterocycles. The lowest BCUT2D eigenvalue weighted by Crippen LogP contribution is -2.09. The molecule has 0 fully saturated rings. The van der Waals surface area contributed by atoms with Crippen molar-refractivity contribution < 1.29 is 35.1 Å². The molecule has 0 nitrogen and oxygen atoms in total. The Hall–Kier alpha value is -2.12. The molecule has 0 aliphatic rings. The Balaban J connectivity index is 3.03. The van der Waals surface area contributed by atoms with Gasteiger partial charge in [-0.15, -0.1) is 0 Å². The minimum atomic E-state index is -2.43. The number of halogens is 8. The SMILES string of the molecule is Cc1c(F)c(F)c(C)c(-c2c(F)c(F)c(F)c(F)c2F)c1F. The summed E-state index contributed by atoms with van der Waals surface area (Å²) in [6.45, 7) is 1.52. The van der Waals surface area contributed by atoms with E-state index >= 15 is 0 Å². The summed E-state index contributed by atoms with van der Waals surface area (Å²) in [6, 6.07) is 0. The van der Waals surface area contributed by atoms with E-state index in [4.69, 9.17) is 0 Å². The fraction of sp³-hybridized carbons (Fsp3) is 0.143. The van der Waals surface area contributed by atoms with Crippen LogP contribution in [0.5, 0.6) is 0 Å². The van der Waals surface area contributed by atoms with E-state index in [1.807, 2.05) is 0 Å². The predicted molar refractivity (Wildman–Crippen MR) is 61.0 cm³/mol. The summed E-state index contributed by atoms with van der Waals surface area (Å²) in [5.74, 6) is -16.6. The molecule has 0 heterocycles. The van der Waals surface area contributed by atoms with E-state index in [9.17, 15) is 35.1 Å². The van der Waals surface area contributed by atoms with Crippen molar-refractivity contribution in [3.63, 3.8) is 0 Å². The molecule has 0 atom stereocenters. The first kappa shape index (κ1) is 16.3. The van der Waals surface area contributed by atoms with Crippen molar-refractivity contribution in [1.29, 1.82) is 0 Å². The summed E-state index contributed by atoms with van der Waals surface area (Å²) in [4.78, 5) is 0. The zero-order chi connectivity index (χ0) is 16.9. The summed E-state index contributed by atoms with van der Waals surface area (Å²) in [5.41, 5.74) is -4.72. The Labute approximate surface area is 119 Å². The summed E-state index contributed by atoms with van der Waals surface area (Å²) < 4.78 is 108. The van der Waals surface area contributed by atoms with Crippen LogP contribution in [-0.4, -0.2) is 0 Å². The molecule has 0 aromatic heterocycles. The largest absolute Gasteiger partial charge is 0.206 e. The molecular weight excluding hydrogens is 320 g/mol. The quantitative estimate of drug-likeness (QED) is 0.389. The second kappa shape index (κ2) is 5.26. The molecule has 0 N–H and O–H groups in total. The van der Waals surface area contributed by atoms with Crippen LogP contribution in [0, 0.1) is 60.4 Å². The third-order valence-corrected chi connectivity index (χ3v) is 3.23. The van der Waals surface area contributed by atoms with Gasteiger partial charge in [0.05, 0.1) is 5.56 Å². The highest BCUT2D eigenvalue weighted by atomic mass is 19.2. The Bertz CT molecular complexity index is 669. The van der Waals surface area contributed by atoms with Crippen LogP contribution in [-0.2, 0) is 0 Å². The Morgan fingerprint density at radius 2 is 0.727 bits per heavy atom. The lowest BCUT2D eigenvalue weighted by molar-refractivity contribution is 0.380. The molecule has 0 amide bonds. The maximum absolute atomic E-state index is 14.0. The summed E-state index contributed by atoms with van der Waals surface area (Å²) in [5, 5.41) is 0. The van der Waals surface area contributed by atoms with Crippen LogP contribution >= 0.6 is 0 Å². The van der Waals surface area contributed by atoms with E-state index in [1.54, 1.807) is 0 Å². The molecular formula is C14H6F8. The molecule has 0 bridgehead atoms. The number of hydrogen-bond donors (Lipinski definition) is 0. The van der Waals surface area contributed by atoms with Crippen LogP contribution < -0.4 is 0 Å². The van der Waals surface area contributed by atoms with Gasteiger partial charge in [-0.1, -0.05) is 0 Å². The number of benzene rings is 2. The second-order valence-electron chi connectivity index (χ2n) is 4.51. The van der Waals surface area contributed by atoms with Crippen molar-refractivity contribution in [3.05, 3.63) is 57.7 Å². The lowest BCUT2D eigenvalue weighted by Gasteiger charge is -2.14. The Morgan fingerprint density at radius 3 is 1.18 bits per heavy atom. The maximum atomic E-state index is 14.0. The third-order valence-electron chi connectivity index (χ3n) is 3.23. The summed E-state index contributed by atoms with van der Waals surface area (Å²) >= 11 is 0. The molecule has 0 spiro atoms. The van der Waals surface area contributed by atoms with E-state index in [0.717, 1.165) is 13.8 Å². The van der Waals surface area contributed by atoms with E-state index in [2.05, 4.69) is 0 Å². The molecule has 22 heavy (non-hydrogen) atoms. The highest BCUT2D eigenvalue weighted by Gasteiger charge is 2.31. The zero-order valence-corrected chi connectivity index (χ0v) is 11.0. The fourth-order valence-electron chi connectivity index (χ4n) is 2.01. The molecule has 0 saturated carbocycles. The van der Waals surface area contributed by atoms with Crippen LogP contribution in [0.1, 0.15) is 11.1 Å². The minimum Gasteiger partial charge on any atom is -0.206 e. The standard InChI is InChI=1S/C14H6F8/c1-3-5(7(15)4(2)9(17)8(3)16)6-10(18)12(20)14(22)13(21)11(6)19/h1-2H3. The van der Waals surface area contributed by atoms with E-state index < -0.39 is 68.8 Å². The van der Waals surface area contributed by atoms with Crippen LogP contribution in [0.4, 0.5) is 35.1 Å². The van der Waals surface area contributed by atoms with Gasteiger partial charge in [-0.3, -0.25) is 0 Å². The predicted octanol–water partition coefficient (Wildman–Crippen LogP) is 5.08. The van der Waals surface area contributed by atoms with Gasteiger partial charge in [0.25, 0.3) is 0 Å².